The third-order valence-corrected chi connectivity index (χ3v) is 4.08. The first-order chi connectivity index (χ1) is 12.6. The number of hydrogen-bond donors (Lipinski definition) is 1. The first-order valence-electron chi connectivity index (χ1n) is 8.53. The van der Waals surface area contributed by atoms with Gasteiger partial charge in [0.25, 0.3) is 0 Å². The molecule has 1 fully saturated rings. The second kappa shape index (κ2) is 8.37. The van der Waals surface area contributed by atoms with Crippen LogP contribution in [0.2, 0.25) is 0 Å². The number of nitrogens with one attached hydrogen (secondary N) is 1. The lowest BCUT2D eigenvalue weighted by atomic mass is 10.1. The van der Waals surface area contributed by atoms with E-state index in [9.17, 15) is 4.79 Å². The minimum atomic E-state index is -0.140. The fraction of sp³-hybridized carbons (Fsp3) is 0.300. The summed E-state index contributed by atoms with van der Waals surface area (Å²) in [5.74, 6) is 0.653. The van der Waals surface area contributed by atoms with Crippen molar-refractivity contribution in [2.45, 2.75) is 19.6 Å². The predicted octanol–water partition coefficient (Wildman–Crippen LogP) is 3.39. The van der Waals surface area contributed by atoms with E-state index in [0.717, 1.165) is 5.56 Å². The molecule has 6 nitrogen and oxygen atoms in total. The number of nitrogens with zero attached hydrogens (tertiary/aromatic N) is 2. The zero-order valence-electron chi connectivity index (χ0n) is 14.6. The van der Waals surface area contributed by atoms with Crippen LogP contribution in [0.25, 0.3) is 0 Å². The number of carbonyl (C=O) groups is 1. The van der Waals surface area contributed by atoms with Crippen molar-refractivity contribution in [2.24, 2.45) is 0 Å². The van der Waals surface area contributed by atoms with Crippen molar-refractivity contribution in [2.75, 3.05) is 25.0 Å². The van der Waals surface area contributed by atoms with Crippen molar-refractivity contribution in [1.82, 2.24) is 4.90 Å². The molecule has 0 spiro atoms. The summed E-state index contributed by atoms with van der Waals surface area (Å²) < 4.78 is 11.2. The second-order valence-corrected chi connectivity index (χ2v) is 6.19. The molecule has 0 aliphatic carbocycles. The average molecular weight is 351 g/mol. The molecule has 1 saturated heterocycles. The van der Waals surface area contributed by atoms with Crippen molar-refractivity contribution >= 4 is 11.7 Å². The third-order valence-electron chi connectivity index (χ3n) is 4.08. The highest BCUT2D eigenvalue weighted by Gasteiger charge is 2.21. The van der Waals surface area contributed by atoms with Crippen LogP contribution in [0.4, 0.5) is 10.5 Å². The van der Waals surface area contributed by atoms with E-state index in [-0.39, 0.29) is 12.1 Å². The quantitative estimate of drug-likeness (QED) is 0.916. The van der Waals surface area contributed by atoms with E-state index in [4.69, 9.17) is 14.7 Å². The van der Waals surface area contributed by atoms with Crippen molar-refractivity contribution < 1.29 is 14.3 Å². The molecule has 1 atom stereocenters. The number of rotatable bonds is 4. The molecule has 1 aliphatic rings. The summed E-state index contributed by atoms with van der Waals surface area (Å²) in [5.41, 5.74) is 2.20. The number of ether oxygens (including phenoxy) is 2. The molecule has 26 heavy (non-hydrogen) atoms. The van der Waals surface area contributed by atoms with E-state index in [1.807, 2.05) is 37.3 Å². The van der Waals surface area contributed by atoms with E-state index in [1.165, 1.54) is 0 Å². The van der Waals surface area contributed by atoms with Gasteiger partial charge in [0, 0.05) is 24.8 Å². The molecular formula is C20H21N3O3. The van der Waals surface area contributed by atoms with Gasteiger partial charge in [0.1, 0.15) is 12.4 Å². The van der Waals surface area contributed by atoms with E-state index in [0.29, 0.717) is 43.3 Å². The van der Waals surface area contributed by atoms with Gasteiger partial charge in [-0.3, -0.25) is 0 Å². The SMILES string of the molecule is C[C@@H]1CN(C(=O)Nc2cccc(OCc3cccc(C#N)c3)c2)CCO1. The smallest absolute Gasteiger partial charge is 0.322 e. The molecule has 0 radical (unpaired) electrons. The maximum atomic E-state index is 12.4. The second-order valence-electron chi connectivity index (χ2n) is 6.19. The van der Waals surface area contributed by atoms with Crippen molar-refractivity contribution in [3.8, 4) is 11.8 Å². The van der Waals surface area contributed by atoms with Crippen LogP contribution in [0.3, 0.4) is 0 Å². The Bertz CT molecular complexity index is 816. The van der Waals surface area contributed by atoms with Gasteiger partial charge in [-0.1, -0.05) is 18.2 Å². The number of carbonyl (C=O) groups excluding carboxylic acids is 1. The topological polar surface area (TPSA) is 74.6 Å². The van der Waals surface area contributed by atoms with Crippen molar-refractivity contribution in [3.05, 3.63) is 59.7 Å². The summed E-state index contributed by atoms with van der Waals surface area (Å²) in [4.78, 5) is 14.1. The number of urea groups is 1. The fourth-order valence-corrected chi connectivity index (χ4v) is 2.77. The summed E-state index contributed by atoms with van der Waals surface area (Å²) in [5, 5.41) is 11.8. The predicted molar refractivity (Wildman–Crippen MR) is 97.9 cm³/mol. The number of amides is 2. The highest BCUT2D eigenvalue weighted by molar-refractivity contribution is 5.89. The molecule has 0 saturated carbocycles. The molecule has 0 bridgehead atoms. The maximum Gasteiger partial charge on any atom is 0.322 e. The van der Waals surface area contributed by atoms with Crippen LogP contribution in [0.1, 0.15) is 18.1 Å². The molecule has 2 amide bonds. The standard InChI is InChI=1S/C20H21N3O3/c1-15-13-23(8-9-25-15)20(24)22-18-6-3-7-19(11-18)26-14-17-5-2-4-16(10-17)12-21/h2-7,10-11,15H,8-9,13-14H2,1H3,(H,22,24)/t15-/m1/s1. The first-order valence-corrected chi connectivity index (χ1v) is 8.53. The monoisotopic (exact) mass is 351 g/mol. The van der Waals surface area contributed by atoms with Gasteiger partial charge < -0.3 is 19.7 Å². The van der Waals surface area contributed by atoms with Crippen LogP contribution >= 0.6 is 0 Å². The lowest BCUT2D eigenvalue weighted by molar-refractivity contribution is -0.00138. The Balaban J connectivity index is 1.59. The van der Waals surface area contributed by atoms with Crippen LogP contribution < -0.4 is 10.1 Å². The molecule has 1 N–H and O–H groups in total. The van der Waals surface area contributed by atoms with Crippen molar-refractivity contribution in [1.29, 1.82) is 5.26 Å². The lowest BCUT2D eigenvalue weighted by Gasteiger charge is -2.31. The number of nitriles is 1. The molecule has 134 valence electrons. The molecule has 0 aromatic heterocycles. The highest BCUT2D eigenvalue weighted by Crippen LogP contribution is 2.19. The Morgan fingerprint density at radius 1 is 1.35 bits per heavy atom. The summed E-state index contributed by atoms with van der Waals surface area (Å²) >= 11 is 0. The van der Waals surface area contributed by atoms with Gasteiger partial charge in [-0.2, -0.15) is 5.26 Å². The number of anilines is 1. The Kier molecular flexibility index (Phi) is 5.72. The average Bonchev–Trinajstić information content (AvgIpc) is 2.67. The lowest BCUT2D eigenvalue weighted by Crippen LogP contribution is -2.46. The van der Waals surface area contributed by atoms with Gasteiger partial charge in [-0.15, -0.1) is 0 Å². The normalized spacial score (nSPS) is 16.6. The zero-order chi connectivity index (χ0) is 18.4. The Hall–Kier alpha value is -3.04. The maximum absolute atomic E-state index is 12.4. The number of hydrogen-bond acceptors (Lipinski definition) is 4. The zero-order valence-corrected chi connectivity index (χ0v) is 14.6. The summed E-state index contributed by atoms with van der Waals surface area (Å²) in [6.07, 6.45) is 0.0494. The number of benzene rings is 2. The Labute approximate surface area is 152 Å². The fourth-order valence-electron chi connectivity index (χ4n) is 2.77. The van der Waals surface area contributed by atoms with Crippen molar-refractivity contribution in [3.63, 3.8) is 0 Å². The van der Waals surface area contributed by atoms with Gasteiger partial charge >= 0.3 is 6.03 Å². The molecular weight excluding hydrogens is 330 g/mol. The van der Waals surface area contributed by atoms with Gasteiger partial charge in [-0.25, -0.2) is 4.79 Å². The summed E-state index contributed by atoms with van der Waals surface area (Å²) in [7, 11) is 0. The van der Waals surface area contributed by atoms with E-state index in [1.54, 1.807) is 23.1 Å². The molecule has 6 heteroatoms. The van der Waals surface area contributed by atoms with E-state index >= 15 is 0 Å². The summed E-state index contributed by atoms with van der Waals surface area (Å²) in [6, 6.07) is 16.5. The molecule has 3 rings (SSSR count). The Morgan fingerprint density at radius 2 is 2.19 bits per heavy atom. The minimum Gasteiger partial charge on any atom is -0.489 e. The van der Waals surface area contributed by atoms with Crippen LogP contribution in [0.5, 0.6) is 5.75 Å². The largest absolute Gasteiger partial charge is 0.489 e. The first kappa shape index (κ1) is 17.8. The number of morpholine rings is 1. The van der Waals surface area contributed by atoms with Gasteiger partial charge in [0.05, 0.1) is 24.3 Å². The van der Waals surface area contributed by atoms with Gasteiger partial charge in [-0.05, 0) is 36.8 Å². The molecule has 0 unspecified atom stereocenters. The highest BCUT2D eigenvalue weighted by atomic mass is 16.5. The molecule has 1 aliphatic heterocycles. The van der Waals surface area contributed by atoms with Crippen LogP contribution in [-0.4, -0.2) is 36.7 Å². The van der Waals surface area contributed by atoms with Gasteiger partial charge in [0.15, 0.2) is 0 Å². The summed E-state index contributed by atoms with van der Waals surface area (Å²) in [6.45, 7) is 4.03. The van der Waals surface area contributed by atoms with Gasteiger partial charge in [0.2, 0.25) is 0 Å². The molecule has 1 heterocycles. The minimum absolute atomic E-state index is 0.0494. The molecule has 2 aromatic carbocycles. The molecule has 2 aromatic rings. The van der Waals surface area contributed by atoms with E-state index < -0.39 is 0 Å². The van der Waals surface area contributed by atoms with Crippen LogP contribution in [-0.2, 0) is 11.3 Å². The van der Waals surface area contributed by atoms with Crippen LogP contribution in [0.15, 0.2) is 48.5 Å². The van der Waals surface area contributed by atoms with E-state index in [2.05, 4.69) is 11.4 Å². The Morgan fingerprint density at radius 3 is 3.00 bits per heavy atom. The van der Waals surface area contributed by atoms with Crippen LogP contribution in [0, 0.1) is 11.3 Å². The third kappa shape index (κ3) is 4.74.